The van der Waals surface area contributed by atoms with Crippen molar-refractivity contribution in [2.24, 2.45) is 0 Å². The highest BCUT2D eigenvalue weighted by atomic mass is 32.1. The van der Waals surface area contributed by atoms with E-state index in [1.54, 1.807) is 18.4 Å². The zero-order valence-corrected chi connectivity index (χ0v) is 12.4. The molecular formula is C15H15N3OS. The zero-order chi connectivity index (χ0) is 14.1. The summed E-state index contributed by atoms with van der Waals surface area (Å²) in [4.78, 5) is 9.72. The summed E-state index contributed by atoms with van der Waals surface area (Å²) in [7, 11) is 1.80. The predicted octanol–water partition coefficient (Wildman–Crippen LogP) is 4.14. The van der Waals surface area contributed by atoms with Crippen molar-refractivity contribution >= 4 is 27.5 Å². The van der Waals surface area contributed by atoms with Gasteiger partial charge in [-0.25, -0.2) is 4.98 Å². The molecule has 4 nitrogen and oxygen atoms in total. The van der Waals surface area contributed by atoms with Gasteiger partial charge in [0.05, 0.1) is 5.39 Å². The first-order chi connectivity index (χ1) is 9.67. The maximum atomic E-state index is 5.94. The zero-order valence-electron chi connectivity index (χ0n) is 11.6. The van der Waals surface area contributed by atoms with Gasteiger partial charge in [-0.1, -0.05) is 6.07 Å². The Balaban J connectivity index is 2.04. The number of hydrogen-bond donors (Lipinski definition) is 1. The van der Waals surface area contributed by atoms with E-state index in [0.29, 0.717) is 11.8 Å². The number of rotatable bonds is 3. The maximum Gasteiger partial charge on any atom is 0.232 e. The lowest BCUT2D eigenvalue weighted by molar-refractivity contribution is 0.468. The molecule has 1 N–H and O–H groups in total. The molecule has 0 fully saturated rings. The van der Waals surface area contributed by atoms with Gasteiger partial charge < -0.3 is 10.1 Å². The second kappa shape index (κ2) is 5.09. The molecule has 0 saturated carbocycles. The van der Waals surface area contributed by atoms with Crippen molar-refractivity contribution < 1.29 is 4.74 Å². The molecule has 0 spiro atoms. The van der Waals surface area contributed by atoms with Gasteiger partial charge in [0.1, 0.15) is 10.6 Å². The van der Waals surface area contributed by atoms with Crippen molar-refractivity contribution in [2.75, 3.05) is 12.4 Å². The number of aryl methyl sites for hydroxylation is 2. The first-order valence-electron chi connectivity index (χ1n) is 6.35. The fraction of sp³-hybridized carbons (Fsp3) is 0.200. The number of anilines is 1. The third kappa shape index (κ3) is 2.32. The van der Waals surface area contributed by atoms with E-state index in [0.717, 1.165) is 16.0 Å². The number of benzene rings is 1. The van der Waals surface area contributed by atoms with Crippen molar-refractivity contribution in [3.63, 3.8) is 0 Å². The highest BCUT2D eigenvalue weighted by molar-refractivity contribution is 7.16. The van der Waals surface area contributed by atoms with Crippen LogP contribution in [0.3, 0.4) is 0 Å². The standard InChI is InChI=1S/C15H15N3OS/c1-9-4-5-11(8-10(9)2)19-13-12-6-7-20-14(12)18-15(16-3)17-13/h4-8H,1-3H3,(H,16,17,18). The first-order valence-corrected chi connectivity index (χ1v) is 7.23. The lowest BCUT2D eigenvalue weighted by Crippen LogP contribution is -1.98. The van der Waals surface area contributed by atoms with Crippen molar-refractivity contribution in [3.05, 3.63) is 40.8 Å². The summed E-state index contributed by atoms with van der Waals surface area (Å²) in [6, 6.07) is 8.02. The second-order valence-corrected chi connectivity index (χ2v) is 5.48. The predicted molar refractivity (Wildman–Crippen MR) is 83.0 cm³/mol. The first kappa shape index (κ1) is 12.9. The maximum absolute atomic E-state index is 5.94. The number of nitrogens with one attached hydrogen (secondary N) is 1. The molecule has 5 heteroatoms. The summed E-state index contributed by atoms with van der Waals surface area (Å²) < 4.78 is 5.94. The number of nitrogens with zero attached hydrogens (tertiary/aromatic N) is 2. The SMILES string of the molecule is CNc1nc(Oc2ccc(C)c(C)c2)c2ccsc2n1. The van der Waals surface area contributed by atoms with Gasteiger partial charge in [-0.15, -0.1) is 11.3 Å². The smallest absolute Gasteiger partial charge is 0.232 e. The Morgan fingerprint density at radius 2 is 1.95 bits per heavy atom. The molecule has 0 bridgehead atoms. The highest BCUT2D eigenvalue weighted by Crippen LogP contribution is 2.31. The Kier molecular flexibility index (Phi) is 3.28. The van der Waals surface area contributed by atoms with E-state index < -0.39 is 0 Å². The number of aromatic nitrogens is 2. The number of fused-ring (bicyclic) bond motifs is 1. The summed E-state index contributed by atoms with van der Waals surface area (Å²) in [5.74, 6) is 1.95. The minimum absolute atomic E-state index is 0.568. The van der Waals surface area contributed by atoms with Crippen LogP contribution in [0.2, 0.25) is 0 Å². The quantitative estimate of drug-likeness (QED) is 0.785. The van der Waals surface area contributed by atoms with Gasteiger partial charge in [0.25, 0.3) is 0 Å². The molecule has 2 aromatic heterocycles. The number of thiophene rings is 1. The van der Waals surface area contributed by atoms with Gasteiger partial charge in [0, 0.05) is 7.05 Å². The van der Waals surface area contributed by atoms with E-state index >= 15 is 0 Å². The van der Waals surface area contributed by atoms with Crippen LogP contribution in [0.1, 0.15) is 11.1 Å². The van der Waals surface area contributed by atoms with Crippen LogP contribution in [-0.4, -0.2) is 17.0 Å². The summed E-state index contributed by atoms with van der Waals surface area (Å²) in [6.07, 6.45) is 0. The molecule has 0 aliphatic rings. The Hall–Kier alpha value is -2.14. The molecule has 0 unspecified atom stereocenters. The largest absolute Gasteiger partial charge is 0.438 e. The molecule has 0 saturated heterocycles. The molecule has 0 amide bonds. The van der Waals surface area contributed by atoms with Gasteiger partial charge in [0.15, 0.2) is 0 Å². The molecule has 3 rings (SSSR count). The number of hydrogen-bond acceptors (Lipinski definition) is 5. The van der Waals surface area contributed by atoms with Crippen molar-refractivity contribution in [1.82, 2.24) is 9.97 Å². The lowest BCUT2D eigenvalue weighted by Gasteiger charge is -2.09. The van der Waals surface area contributed by atoms with Gasteiger partial charge >= 0.3 is 0 Å². The average molecular weight is 285 g/mol. The Morgan fingerprint density at radius 1 is 1.10 bits per heavy atom. The van der Waals surface area contributed by atoms with Gasteiger partial charge in [-0.05, 0) is 48.6 Å². The summed E-state index contributed by atoms with van der Waals surface area (Å²) >= 11 is 1.58. The normalized spacial score (nSPS) is 10.8. The fourth-order valence-electron chi connectivity index (χ4n) is 1.91. The molecule has 0 atom stereocenters. The summed E-state index contributed by atoms with van der Waals surface area (Å²) in [5, 5.41) is 5.89. The summed E-state index contributed by atoms with van der Waals surface area (Å²) in [6.45, 7) is 4.15. The van der Waals surface area contributed by atoms with Crippen LogP contribution >= 0.6 is 11.3 Å². The van der Waals surface area contributed by atoms with E-state index in [4.69, 9.17) is 4.74 Å². The molecule has 0 aliphatic carbocycles. The highest BCUT2D eigenvalue weighted by Gasteiger charge is 2.10. The molecular weight excluding hydrogens is 270 g/mol. The second-order valence-electron chi connectivity index (χ2n) is 4.59. The van der Waals surface area contributed by atoms with Crippen LogP contribution in [0, 0.1) is 13.8 Å². The molecule has 0 radical (unpaired) electrons. The van der Waals surface area contributed by atoms with Crippen molar-refractivity contribution in [2.45, 2.75) is 13.8 Å². The van der Waals surface area contributed by atoms with Crippen molar-refractivity contribution in [3.8, 4) is 11.6 Å². The topological polar surface area (TPSA) is 47.0 Å². The Morgan fingerprint density at radius 3 is 2.70 bits per heavy atom. The number of ether oxygens (including phenoxy) is 1. The van der Waals surface area contributed by atoms with E-state index in [9.17, 15) is 0 Å². The van der Waals surface area contributed by atoms with Gasteiger partial charge in [-0.2, -0.15) is 4.98 Å². The monoisotopic (exact) mass is 285 g/mol. The fourth-order valence-corrected chi connectivity index (χ4v) is 2.66. The van der Waals surface area contributed by atoms with Crippen LogP contribution in [0.25, 0.3) is 10.2 Å². The van der Waals surface area contributed by atoms with Crippen LogP contribution in [0.15, 0.2) is 29.6 Å². The average Bonchev–Trinajstić information content (AvgIpc) is 2.91. The minimum Gasteiger partial charge on any atom is -0.438 e. The summed E-state index contributed by atoms with van der Waals surface area (Å²) in [5.41, 5.74) is 2.45. The molecule has 0 aliphatic heterocycles. The Labute approximate surface area is 121 Å². The van der Waals surface area contributed by atoms with Crippen molar-refractivity contribution in [1.29, 1.82) is 0 Å². The van der Waals surface area contributed by atoms with Crippen LogP contribution in [-0.2, 0) is 0 Å². The molecule has 1 aromatic carbocycles. The molecule has 3 aromatic rings. The van der Waals surface area contributed by atoms with Gasteiger partial charge in [-0.3, -0.25) is 0 Å². The lowest BCUT2D eigenvalue weighted by atomic mass is 10.1. The van der Waals surface area contributed by atoms with E-state index in [-0.39, 0.29) is 0 Å². The van der Waals surface area contributed by atoms with E-state index in [1.807, 2.05) is 23.6 Å². The van der Waals surface area contributed by atoms with Crippen LogP contribution in [0.5, 0.6) is 11.6 Å². The van der Waals surface area contributed by atoms with Crippen LogP contribution < -0.4 is 10.1 Å². The third-order valence-corrected chi connectivity index (χ3v) is 4.01. The van der Waals surface area contributed by atoms with E-state index in [1.165, 1.54) is 11.1 Å². The minimum atomic E-state index is 0.568. The molecule has 20 heavy (non-hydrogen) atoms. The molecule has 102 valence electrons. The van der Waals surface area contributed by atoms with E-state index in [2.05, 4.69) is 35.2 Å². The third-order valence-electron chi connectivity index (χ3n) is 3.21. The van der Waals surface area contributed by atoms with Gasteiger partial charge in [0.2, 0.25) is 11.8 Å². The Bertz CT molecular complexity index is 767. The van der Waals surface area contributed by atoms with Crippen LogP contribution in [0.4, 0.5) is 5.95 Å². The molecule has 2 heterocycles.